The summed E-state index contributed by atoms with van der Waals surface area (Å²) < 4.78 is 0. The zero-order valence-electron chi connectivity index (χ0n) is 12.2. The minimum Gasteiger partial charge on any atom is -0.478 e. The van der Waals surface area contributed by atoms with Crippen LogP contribution in [-0.4, -0.2) is 30.9 Å². The molecule has 0 spiro atoms. The van der Waals surface area contributed by atoms with Gasteiger partial charge in [-0.15, -0.1) is 0 Å². The quantitative estimate of drug-likeness (QED) is 0.439. The second-order valence-corrected chi connectivity index (χ2v) is 4.00. The molecule has 0 aromatic carbocycles. The van der Waals surface area contributed by atoms with Gasteiger partial charge in [-0.05, 0) is 32.4 Å². The number of aliphatic imine (C=N–C) groups is 1. The summed E-state index contributed by atoms with van der Waals surface area (Å²) in [6.45, 7) is 9.27. The number of carboxylic acids is 1. The molecule has 0 saturated carbocycles. The van der Waals surface area contributed by atoms with E-state index in [-0.39, 0.29) is 5.57 Å². The van der Waals surface area contributed by atoms with Crippen molar-refractivity contribution in [1.82, 2.24) is 5.32 Å². The Morgan fingerprint density at radius 1 is 1.37 bits per heavy atom. The Labute approximate surface area is 114 Å². The molecule has 0 rings (SSSR count). The molecule has 0 aliphatic carbocycles. The van der Waals surface area contributed by atoms with Crippen molar-refractivity contribution >= 4 is 11.7 Å². The van der Waals surface area contributed by atoms with Gasteiger partial charge in [-0.25, -0.2) is 4.79 Å². The average molecular weight is 262 g/mol. The maximum absolute atomic E-state index is 10.9. The molecule has 19 heavy (non-hydrogen) atoms. The Morgan fingerprint density at radius 3 is 2.32 bits per heavy atom. The molecule has 0 aliphatic rings. The Balaban J connectivity index is 5.76. The highest BCUT2D eigenvalue weighted by molar-refractivity contribution is 6.15. The lowest BCUT2D eigenvalue weighted by atomic mass is 9.99. The van der Waals surface area contributed by atoms with Crippen LogP contribution in [0, 0.1) is 0 Å². The topological polar surface area (TPSA) is 61.7 Å². The van der Waals surface area contributed by atoms with Gasteiger partial charge in [0.25, 0.3) is 0 Å². The van der Waals surface area contributed by atoms with E-state index in [1.807, 2.05) is 40.0 Å². The summed E-state index contributed by atoms with van der Waals surface area (Å²) in [6, 6.07) is 0. The predicted molar refractivity (Wildman–Crippen MR) is 80.5 cm³/mol. The molecular formula is C15H22N2O2. The highest BCUT2D eigenvalue weighted by Gasteiger charge is 2.10. The summed E-state index contributed by atoms with van der Waals surface area (Å²) in [7, 11) is 3.52. The van der Waals surface area contributed by atoms with E-state index >= 15 is 0 Å². The van der Waals surface area contributed by atoms with E-state index in [4.69, 9.17) is 5.11 Å². The van der Waals surface area contributed by atoms with E-state index in [1.165, 1.54) is 6.08 Å². The van der Waals surface area contributed by atoms with E-state index in [9.17, 15) is 4.79 Å². The van der Waals surface area contributed by atoms with E-state index in [2.05, 4.69) is 16.9 Å². The van der Waals surface area contributed by atoms with Crippen LogP contribution in [0.5, 0.6) is 0 Å². The number of rotatable bonds is 6. The minimum atomic E-state index is -1.04. The molecule has 0 heterocycles. The van der Waals surface area contributed by atoms with Crippen molar-refractivity contribution in [2.24, 2.45) is 4.99 Å². The molecule has 0 fully saturated rings. The monoisotopic (exact) mass is 262 g/mol. The van der Waals surface area contributed by atoms with Gasteiger partial charge >= 0.3 is 5.97 Å². The van der Waals surface area contributed by atoms with Crippen molar-refractivity contribution in [2.75, 3.05) is 14.1 Å². The Kier molecular flexibility index (Phi) is 7.19. The molecule has 0 aromatic heterocycles. The third-order valence-corrected chi connectivity index (χ3v) is 2.74. The lowest BCUT2D eigenvalue weighted by molar-refractivity contribution is -0.132. The van der Waals surface area contributed by atoms with Gasteiger partial charge in [-0.2, -0.15) is 0 Å². The summed E-state index contributed by atoms with van der Waals surface area (Å²) in [6.07, 6.45) is 5.19. The average Bonchev–Trinajstić information content (AvgIpc) is 2.38. The normalized spacial score (nSPS) is 14.4. The van der Waals surface area contributed by atoms with Crippen LogP contribution in [0.1, 0.15) is 20.8 Å². The van der Waals surface area contributed by atoms with Crippen molar-refractivity contribution in [3.8, 4) is 0 Å². The van der Waals surface area contributed by atoms with E-state index in [1.54, 1.807) is 7.05 Å². The molecule has 0 atom stereocenters. The van der Waals surface area contributed by atoms with Crippen molar-refractivity contribution < 1.29 is 9.90 Å². The first kappa shape index (κ1) is 16.9. The van der Waals surface area contributed by atoms with Crippen molar-refractivity contribution in [3.63, 3.8) is 0 Å². The molecule has 0 aromatic rings. The lowest BCUT2D eigenvalue weighted by Gasteiger charge is -2.12. The lowest BCUT2D eigenvalue weighted by Crippen LogP contribution is -2.13. The summed E-state index contributed by atoms with van der Waals surface area (Å²) in [4.78, 5) is 15.1. The molecule has 4 nitrogen and oxygen atoms in total. The zero-order valence-corrected chi connectivity index (χ0v) is 12.2. The number of allylic oxidation sites excluding steroid dienone is 5. The molecule has 104 valence electrons. The molecule has 0 unspecified atom stereocenters. The predicted octanol–water partition coefficient (Wildman–Crippen LogP) is 2.71. The molecule has 4 heteroatoms. The Hall–Kier alpha value is -2.10. The van der Waals surface area contributed by atoms with Gasteiger partial charge < -0.3 is 10.4 Å². The number of nitrogens with zero attached hydrogens (tertiary/aromatic N) is 1. The first-order valence-electron chi connectivity index (χ1n) is 5.98. The fraction of sp³-hybridized carbons (Fsp3) is 0.333. The van der Waals surface area contributed by atoms with E-state index < -0.39 is 5.97 Å². The summed E-state index contributed by atoms with van der Waals surface area (Å²) in [5, 5.41) is 12.0. The van der Waals surface area contributed by atoms with Crippen LogP contribution in [0.3, 0.4) is 0 Å². The maximum Gasteiger partial charge on any atom is 0.335 e. The maximum atomic E-state index is 10.9. The molecule has 2 N–H and O–H groups in total. The number of aliphatic carboxylic acids is 1. The number of hydrogen-bond donors (Lipinski definition) is 2. The van der Waals surface area contributed by atoms with Crippen LogP contribution < -0.4 is 5.32 Å². The van der Waals surface area contributed by atoms with Crippen LogP contribution in [0.15, 0.2) is 52.2 Å². The molecule has 0 bridgehead atoms. The van der Waals surface area contributed by atoms with Crippen LogP contribution in [0.2, 0.25) is 0 Å². The summed E-state index contributed by atoms with van der Waals surface area (Å²) in [5.74, 6) is -1.04. The van der Waals surface area contributed by atoms with Crippen molar-refractivity contribution in [3.05, 3.63) is 47.2 Å². The third kappa shape index (κ3) is 4.95. The molecule has 0 radical (unpaired) electrons. The number of hydrogen-bond acceptors (Lipinski definition) is 3. The van der Waals surface area contributed by atoms with Crippen LogP contribution in [-0.2, 0) is 4.79 Å². The van der Waals surface area contributed by atoms with Gasteiger partial charge in [0.2, 0.25) is 0 Å². The number of carbonyl (C=O) groups is 1. The fourth-order valence-corrected chi connectivity index (χ4v) is 1.50. The van der Waals surface area contributed by atoms with Crippen molar-refractivity contribution in [2.45, 2.75) is 20.8 Å². The fourth-order valence-electron chi connectivity index (χ4n) is 1.50. The summed E-state index contributed by atoms with van der Waals surface area (Å²) >= 11 is 0. The van der Waals surface area contributed by atoms with Crippen molar-refractivity contribution in [1.29, 1.82) is 0 Å². The highest BCUT2D eigenvalue weighted by atomic mass is 16.4. The number of carboxylic acid groups (broad SMARTS) is 1. The SMILES string of the molecule is C=C(/C=C(\C=C/C)C(=NC)/C(C)=C(\C)NC)C(=O)O. The van der Waals surface area contributed by atoms with E-state index in [0.29, 0.717) is 0 Å². The molecular weight excluding hydrogens is 240 g/mol. The summed E-state index contributed by atoms with van der Waals surface area (Å²) in [5.41, 5.74) is 3.45. The van der Waals surface area contributed by atoms with Gasteiger partial charge in [0.05, 0.1) is 11.3 Å². The van der Waals surface area contributed by atoms with E-state index in [0.717, 1.165) is 22.6 Å². The molecule has 0 saturated heterocycles. The van der Waals surface area contributed by atoms with Crippen LogP contribution in [0.25, 0.3) is 0 Å². The first-order valence-corrected chi connectivity index (χ1v) is 5.98. The van der Waals surface area contributed by atoms with Gasteiger partial charge in [-0.1, -0.05) is 18.7 Å². The highest BCUT2D eigenvalue weighted by Crippen LogP contribution is 2.14. The third-order valence-electron chi connectivity index (χ3n) is 2.74. The Bertz CT molecular complexity index is 480. The smallest absolute Gasteiger partial charge is 0.335 e. The zero-order chi connectivity index (χ0) is 15.0. The second-order valence-electron chi connectivity index (χ2n) is 4.00. The second kappa shape index (κ2) is 8.08. The van der Waals surface area contributed by atoms with Crippen LogP contribution >= 0.6 is 0 Å². The number of nitrogens with one attached hydrogen (secondary N) is 1. The van der Waals surface area contributed by atoms with Crippen LogP contribution in [0.4, 0.5) is 0 Å². The van der Waals surface area contributed by atoms with Gasteiger partial charge in [0.15, 0.2) is 0 Å². The van der Waals surface area contributed by atoms with Gasteiger partial charge in [-0.3, -0.25) is 4.99 Å². The largest absolute Gasteiger partial charge is 0.478 e. The van der Waals surface area contributed by atoms with Gasteiger partial charge in [0, 0.05) is 25.4 Å². The first-order chi connectivity index (χ1) is 8.88. The standard InChI is InChI=1S/C15H22N2O2/c1-7-8-13(9-10(2)15(18)19)14(17-6)11(3)12(4)16-5/h7-9,16H,2H2,1,3-6H3,(H,18,19)/b8-7-,12-11+,13-9+,17-14?. The Morgan fingerprint density at radius 2 is 1.95 bits per heavy atom. The van der Waals surface area contributed by atoms with Gasteiger partial charge in [0.1, 0.15) is 0 Å². The molecule has 0 aliphatic heterocycles. The molecule has 0 amide bonds. The minimum absolute atomic E-state index is 0.0316.